The molecular formula is C13H10BrN3O2. The van der Waals surface area contributed by atoms with Crippen LogP contribution >= 0.6 is 0 Å². The van der Waals surface area contributed by atoms with Crippen LogP contribution < -0.4 is 21.5 Å². The number of aromatic nitrogens is 1. The molecule has 19 heavy (non-hydrogen) atoms. The number of pyridine rings is 1. The van der Waals surface area contributed by atoms with Gasteiger partial charge in [0.15, 0.2) is 18.9 Å². The molecule has 0 amide bonds. The summed E-state index contributed by atoms with van der Waals surface area (Å²) in [7, 11) is 0. The summed E-state index contributed by atoms with van der Waals surface area (Å²) < 4.78 is 1.86. The highest BCUT2D eigenvalue weighted by Gasteiger charge is 2.07. The Morgan fingerprint density at radius 3 is 2.53 bits per heavy atom. The average Bonchev–Trinajstić information content (AvgIpc) is 2.39. The van der Waals surface area contributed by atoms with Gasteiger partial charge in [0.1, 0.15) is 11.6 Å². The van der Waals surface area contributed by atoms with E-state index in [4.69, 9.17) is 5.26 Å². The molecule has 0 atom stereocenters. The quantitative estimate of drug-likeness (QED) is 0.405. The second-order valence-corrected chi connectivity index (χ2v) is 3.80. The van der Waals surface area contributed by atoms with E-state index in [0.29, 0.717) is 12.1 Å². The smallest absolute Gasteiger partial charge is 0.269 e. The number of benzene rings is 1. The fourth-order valence-corrected chi connectivity index (χ4v) is 1.62. The molecule has 1 heterocycles. The highest BCUT2D eigenvalue weighted by Crippen LogP contribution is 2.11. The van der Waals surface area contributed by atoms with Crippen LogP contribution in [0, 0.1) is 21.4 Å². The van der Waals surface area contributed by atoms with E-state index in [1.54, 1.807) is 30.5 Å². The maximum absolute atomic E-state index is 10.5. The third kappa shape index (κ3) is 3.86. The van der Waals surface area contributed by atoms with Crippen molar-refractivity contribution in [3.8, 4) is 6.07 Å². The van der Waals surface area contributed by atoms with Crippen molar-refractivity contribution in [1.29, 1.82) is 5.26 Å². The van der Waals surface area contributed by atoms with Gasteiger partial charge in [-0.05, 0) is 18.2 Å². The minimum absolute atomic E-state index is 0. The van der Waals surface area contributed by atoms with Gasteiger partial charge in [-0.2, -0.15) is 9.83 Å². The van der Waals surface area contributed by atoms with Crippen molar-refractivity contribution in [2.75, 3.05) is 0 Å². The minimum atomic E-state index is -0.423. The van der Waals surface area contributed by atoms with E-state index in [1.807, 2.05) is 10.8 Å². The summed E-state index contributed by atoms with van der Waals surface area (Å²) in [5.41, 5.74) is 1.61. The van der Waals surface area contributed by atoms with Gasteiger partial charge in [-0.25, -0.2) is 0 Å². The number of nitriles is 1. The Morgan fingerprint density at radius 2 is 1.95 bits per heavy atom. The van der Waals surface area contributed by atoms with Crippen molar-refractivity contribution in [2.24, 2.45) is 0 Å². The second-order valence-electron chi connectivity index (χ2n) is 3.80. The number of halogens is 1. The van der Waals surface area contributed by atoms with Gasteiger partial charge in [0, 0.05) is 23.8 Å². The Bertz CT molecular complexity index is 621. The van der Waals surface area contributed by atoms with Crippen LogP contribution in [0.15, 0.2) is 48.8 Å². The van der Waals surface area contributed by atoms with Crippen LogP contribution in [-0.2, 0) is 6.54 Å². The van der Waals surface area contributed by atoms with Crippen molar-refractivity contribution in [3.05, 3.63) is 70.0 Å². The molecule has 0 N–H and O–H groups in total. The highest BCUT2D eigenvalue weighted by atomic mass is 79.9. The van der Waals surface area contributed by atoms with Crippen LogP contribution in [0.5, 0.6) is 0 Å². The van der Waals surface area contributed by atoms with Gasteiger partial charge >= 0.3 is 0 Å². The van der Waals surface area contributed by atoms with E-state index in [0.717, 1.165) is 5.56 Å². The van der Waals surface area contributed by atoms with E-state index in [-0.39, 0.29) is 22.7 Å². The molecule has 5 nitrogen and oxygen atoms in total. The maximum atomic E-state index is 10.5. The maximum Gasteiger partial charge on any atom is 0.269 e. The fraction of sp³-hybridized carbons (Fsp3) is 0.0769. The normalized spacial score (nSPS) is 9.21. The van der Waals surface area contributed by atoms with Gasteiger partial charge in [0.25, 0.3) is 5.69 Å². The first-order chi connectivity index (χ1) is 8.69. The predicted octanol–water partition coefficient (Wildman–Crippen LogP) is -1.19. The largest absolute Gasteiger partial charge is 1.00 e. The molecule has 1 aromatic carbocycles. The van der Waals surface area contributed by atoms with E-state index >= 15 is 0 Å². The number of non-ortho nitro benzene ring substituents is 1. The zero-order valence-electron chi connectivity index (χ0n) is 9.86. The van der Waals surface area contributed by atoms with Gasteiger partial charge in [-0.15, -0.1) is 0 Å². The van der Waals surface area contributed by atoms with Gasteiger partial charge in [0.2, 0.25) is 0 Å². The number of hydrogen-bond acceptors (Lipinski definition) is 3. The number of nitro groups is 1. The lowest BCUT2D eigenvalue weighted by Crippen LogP contribution is -3.00. The number of nitrogens with zero attached hydrogens (tertiary/aromatic N) is 3. The molecule has 0 radical (unpaired) electrons. The average molecular weight is 320 g/mol. The molecule has 2 rings (SSSR count). The molecule has 0 bridgehead atoms. The molecule has 0 aliphatic heterocycles. The molecule has 0 saturated heterocycles. The molecule has 0 fully saturated rings. The molecule has 0 aliphatic rings. The predicted molar refractivity (Wildman–Crippen MR) is 63.6 cm³/mol. The number of hydrogen-bond donors (Lipinski definition) is 0. The molecule has 96 valence electrons. The van der Waals surface area contributed by atoms with Crippen LogP contribution in [0.1, 0.15) is 11.1 Å². The lowest BCUT2D eigenvalue weighted by Gasteiger charge is -1.98. The minimum Gasteiger partial charge on any atom is -1.00 e. The Morgan fingerprint density at radius 1 is 1.26 bits per heavy atom. The monoisotopic (exact) mass is 319 g/mol. The zero-order chi connectivity index (χ0) is 13.0. The number of nitro benzene ring substituents is 1. The van der Waals surface area contributed by atoms with Gasteiger partial charge < -0.3 is 17.0 Å². The summed E-state index contributed by atoms with van der Waals surface area (Å²) >= 11 is 0. The summed E-state index contributed by atoms with van der Waals surface area (Å²) in [6.45, 7) is 0.577. The summed E-state index contributed by atoms with van der Waals surface area (Å²) in [5.74, 6) is 0. The zero-order valence-corrected chi connectivity index (χ0v) is 11.4. The lowest BCUT2D eigenvalue weighted by atomic mass is 10.2. The second kappa shape index (κ2) is 6.61. The van der Waals surface area contributed by atoms with Crippen molar-refractivity contribution < 1.29 is 26.5 Å². The molecule has 2 aromatic rings. The third-order valence-corrected chi connectivity index (χ3v) is 2.50. The van der Waals surface area contributed by atoms with Crippen molar-refractivity contribution in [1.82, 2.24) is 0 Å². The van der Waals surface area contributed by atoms with Gasteiger partial charge in [0.05, 0.1) is 4.92 Å². The van der Waals surface area contributed by atoms with Gasteiger partial charge in [-0.1, -0.05) is 0 Å². The van der Waals surface area contributed by atoms with Crippen molar-refractivity contribution in [2.45, 2.75) is 6.54 Å². The summed E-state index contributed by atoms with van der Waals surface area (Å²) in [4.78, 5) is 10.1. The molecule has 0 spiro atoms. The Kier molecular flexibility index (Phi) is 5.15. The molecule has 1 aromatic heterocycles. The standard InChI is InChI=1S/C13H10N3O2.BrH/c14-8-12-2-1-7-15(10-12)9-11-3-5-13(6-4-11)16(17)18;/h1-7,10H,9H2;1H/q+1;/p-1. The number of rotatable bonds is 3. The molecule has 0 saturated carbocycles. The first kappa shape index (κ1) is 14.8. The van der Waals surface area contributed by atoms with Gasteiger partial charge in [-0.3, -0.25) is 10.1 Å². The fourth-order valence-electron chi connectivity index (χ4n) is 1.62. The Hall–Kier alpha value is -2.26. The SMILES string of the molecule is N#Cc1ccc[n+](Cc2ccc([N+](=O)[O-])cc2)c1.[Br-]. The van der Waals surface area contributed by atoms with Crippen molar-refractivity contribution >= 4 is 5.69 Å². The summed E-state index contributed by atoms with van der Waals surface area (Å²) in [5, 5.41) is 19.3. The van der Waals surface area contributed by atoms with Crippen LogP contribution in [0.4, 0.5) is 5.69 Å². The Balaban J connectivity index is 0.00000180. The molecular weight excluding hydrogens is 310 g/mol. The topological polar surface area (TPSA) is 70.8 Å². The van der Waals surface area contributed by atoms with Crippen LogP contribution in [-0.4, -0.2) is 4.92 Å². The van der Waals surface area contributed by atoms with E-state index < -0.39 is 4.92 Å². The summed E-state index contributed by atoms with van der Waals surface area (Å²) in [6.07, 6.45) is 3.59. The molecule has 6 heteroatoms. The van der Waals surface area contributed by atoms with E-state index in [2.05, 4.69) is 6.07 Å². The third-order valence-electron chi connectivity index (χ3n) is 2.50. The molecule has 0 unspecified atom stereocenters. The van der Waals surface area contributed by atoms with Crippen LogP contribution in [0.3, 0.4) is 0 Å². The van der Waals surface area contributed by atoms with Crippen molar-refractivity contribution in [3.63, 3.8) is 0 Å². The molecule has 0 aliphatic carbocycles. The first-order valence-electron chi connectivity index (χ1n) is 5.31. The lowest BCUT2D eigenvalue weighted by molar-refractivity contribution is -0.688. The van der Waals surface area contributed by atoms with Crippen LogP contribution in [0.2, 0.25) is 0 Å². The Labute approximate surface area is 120 Å². The van der Waals surface area contributed by atoms with Crippen LogP contribution in [0.25, 0.3) is 0 Å². The van der Waals surface area contributed by atoms with E-state index in [1.165, 1.54) is 12.1 Å². The van der Waals surface area contributed by atoms with E-state index in [9.17, 15) is 10.1 Å². The first-order valence-corrected chi connectivity index (χ1v) is 5.31. The highest BCUT2D eigenvalue weighted by molar-refractivity contribution is 5.32. The summed E-state index contributed by atoms with van der Waals surface area (Å²) in [6, 6.07) is 12.0.